The highest BCUT2D eigenvalue weighted by molar-refractivity contribution is 5.80. The Bertz CT molecular complexity index is 356. The predicted molar refractivity (Wildman–Crippen MR) is 85.2 cm³/mol. The molecule has 0 heterocycles. The molecule has 1 aliphatic rings. The van der Waals surface area contributed by atoms with Gasteiger partial charge in [-0.15, -0.1) is 0 Å². The lowest BCUT2D eigenvalue weighted by Gasteiger charge is -2.40. The van der Waals surface area contributed by atoms with Gasteiger partial charge in [0.15, 0.2) is 0 Å². The van der Waals surface area contributed by atoms with Crippen LogP contribution in [0.5, 0.6) is 0 Å². The van der Waals surface area contributed by atoms with E-state index in [0.29, 0.717) is 17.8 Å². The number of ether oxygens (including phenoxy) is 2. The molecule has 4 atom stereocenters. The van der Waals surface area contributed by atoms with Crippen molar-refractivity contribution < 1.29 is 14.3 Å². The minimum atomic E-state index is -0.691. The second-order valence-corrected chi connectivity index (χ2v) is 7.76. The number of hydrogen-bond acceptors (Lipinski definition) is 4. The summed E-state index contributed by atoms with van der Waals surface area (Å²) in [6, 6.07) is 0. The van der Waals surface area contributed by atoms with Crippen LogP contribution in [0.4, 0.5) is 0 Å². The summed E-state index contributed by atoms with van der Waals surface area (Å²) in [5.41, 5.74) is -0.347. The van der Waals surface area contributed by atoms with Crippen molar-refractivity contribution in [3.63, 3.8) is 0 Å². The van der Waals surface area contributed by atoms with Crippen LogP contribution in [0.3, 0.4) is 0 Å². The Labute approximate surface area is 130 Å². The van der Waals surface area contributed by atoms with Crippen molar-refractivity contribution in [2.24, 2.45) is 11.3 Å². The average molecular weight is 299 g/mol. The summed E-state index contributed by atoms with van der Waals surface area (Å²) < 4.78 is 11.1. The average Bonchev–Trinajstić information content (AvgIpc) is 2.34. The smallest absolute Gasteiger partial charge is 0.325 e. The van der Waals surface area contributed by atoms with Gasteiger partial charge in [-0.05, 0) is 51.5 Å². The van der Waals surface area contributed by atoms with Crippen LogP contribution in [-0.4, -0.2) is 37.9 Å². The Balaban J connectivity index is 2.60. The first-order valence-corrected chi connectivity index (χ1v) is 8.04. The Kier molecular flexibility index (Phi) is 6.23. The summed E-state index contributed by atoms with van der Waals surface area (Å²) in [5, 5.41) is 3.07. The van der Waals surface area contributed by atoms with Crippen LogP contribution >= 0.6 is 0 Å². The number of rotatable bonds is 6. The zero-order chi connectivity index (χ0) is 16.3. The lowest BCUT2D eigenvalue weighted by molar-refractivity contribution is -0.150. The lowest BCUT2D eigenvalue weighted by Crippen LogP contribution is -2.51. The van der Waals surface area contributed by atoms with Crippen LogP contribution in [0.15, 0.2) is 0 Å². The molecular formula is C17H33NO3. The third kappa shape index (κ3) is 5.26. The fourth-order valence-electron chi connectivity index (χ4n) is 3.83. The van der Waals surface area contributed by atoms with Gasteiger partial charge in [0, 0.05) is 6.42 Å². The molecule has 1 fully saturated rings. The number of carbonyl (C=O) groups excluding carboxylic acids is 1. The van der Waals surface area contributed by atoms with E-state index in [1.807, 2.05) is 13.8 Å². The van der Waals surface area contributed by atoms with E-state index in [9.17, 15) is 4.79 Å². The highest BCUT2D eigenvalue weighted by Crippen LogP contribution is 2.40. The van der Waals surface area contributed by atoms with Crippen LogP contribution in [0.2, 0.25) is 0 Å². The quantitative estimate of drug-likeness (QED) is 0.765. The monoisotopic (exact) mass is 299 g/mol. The van der Waals surface area contributed by atoms with E-state index >= 15 is 0 Å². The summed E-state index contributed by atoms with van der Waals surface area (Å²) in [5.74, 6) is 0.458. The van der Waals surface area contributed by atoms with Crippen molar-refractivity contribution in [1.29, 1.82) is 0 Å². The van der Waals surface area contributed by atoms with Crippen LogP contribution in [0.1, 0.15) is 60.3 Å². The van der Waals surface area contributed by atoms with E-state index in [2.05, 4.69) is 26.1 Å². The molecular weight excluding hydrogens is 266 g/mol. The molecule has 21 heavy (non-hydrogen) atoms. The summed E-state index contributed by atoms with van der Waals surface area (Å²) in [7, 11) is 3.21. The second-order valence-electron chi connectivity index (χ2n) is 7.76. The van der Waals surface area contributed by atoms with E-state index in [1.165, 1.54) is 13.5 Å². The minimum Gasteiger partial charge on any atom is -0.468 e. The molecule has 1 aliphatic carbocycles. The van der Waals surface area contributed by atoms with Crippen molar-refractivity contribution in [2.75, 3.05) is 14.2 Å². The Hall–Kier alpha value is -0.610. The summed E-state index contributed by atoms with van der Waals surface area (Å²) >= 11 is 0. The number of hydrogen-bond donors (Lipinski definition) is 1. The highest BCUT2D eigenvalue weighted by Gasteiger charge is 2.37. The first-order chi connectivity index (χ1) is 9.62. The maximum Gasteiger partial charge on any atom is 0.325 e. The fraction of sp³-hybridized carbons (Fsp3) is 0.941. The molecule has 0 saturated heterocycles. The summed E-state index contributed by atoms with van der Waals surface area (Å²) in [6.07, 6.45) is 4.39. The van der Waals surface area contributed by atoms with Gasteiger partial charge in [-0.3, -0.25) is 4.79 Å². The summed E-state index contributed by atoms with van der Waals surface area (Å²) in [4.78, 5) is 11.9. The van der Waals surface area contributed by atoms with Crippen molar-refractivity contribution in [2.45, 2.75) is 78.0 Å². The van der Waals surface area contributed by atoms with E-state index in [1.54, 1.807) is 7.05 Å². The molecule has 0 aromatic carbocycles. The van der Waals surface area contributed by atoms with Crippen molar-refractivity contribution in [3.8, 4) is 0 Å². The summed E-state index contributed by atoms with van der Waals surface area (Å²) in [6.45, 7) is 10.8. The van der Waals surface area contributed by atoms with Crippen LogP contribution in [0, 0.1) is 11.3 Å². The number of esters is 1. The molecule has 4 nitrogen and oxygen atoms in total. The Morgan fingerprint density at radius 3 is 2.52 bits per heavy atom. The molecule has 1 saturated carbocycles. The van der Waals surface area contributed by atoms with Crippen molar-refractivity contribution in [3.05, 3.63) is 0 Å². The van der Waals surface area contributed by atoms with Crippen LogP contribution in [-0.2, 0) is 14.3 Å². The van der Waals surface area contributed by atoms with E-state index in [0.717, 1.165) is 12.8 Å². The van der Waals surface area contributed by atoms with Gasteiger partial charge in [0.1, 0.15) is 5.54 Å². The van der Waals surface area contributed by atoms with Gasteiger partial charge in [-0.25, -0.2) is 0 Å². The first kappa shape index (κ1) is 18.4. The maximum atomic E-state index is 11.9. The lowest BCUT2D eigenvalue weighted by atomic mass is 9.71. The van der Waals surface area contributed by atoms with Gasteiger partial charge in [-0.1, -0.05) is 20.8 Å². The molecule has 0 amide bonds. The second kappa shape index (κ2) is 7.10. The number of nitrogens with one attached hydrogen (secondary N) is 1. The standard InChI is InChI=1S/C17H33NO3/c1-12-8-14(11-16(3,4)9-12)21-13(2)10-17(5,18-6)15(19)20-7/h12-14,18H,8-11H2,1-7H3. The van der Waals surface area contributed by atoms with Crippen LogP contribution < -0.4 is 5.32 Å². The van der Waals surface area contributed by atoms with E-state index < -0.39 is 5.54 Å². The molecule has 4 heteroatoms. The van der Waals surface area contributed by atoms with E-state index in [4.69, 9.17) is 9.47 Å². The molecule has 1 N–H and O–H groups in total. The third-order valence-electron chi connectivity index (χ3n) is 4.65. The molecule has 0 aromatic rings. The maximum absolute atomic E-state index is 11.9. The minimum absolute atomic E-state index is 0.0210. The predicted octanol–water partition coefficient (Wildman–Crippen LogP) is 3.15. The zero-order valence-corrected chi connectivity index (χ0v) is 14.8. The Morgan fingerprint density at radius 1 is 1.43 bits per heavy atom. The largest absolute Gasteiger partial charge is 0.468 e. The van der Waals surface area contributed by atoms with Gasteiger partial charge >= 0.3 is 5.97 Å². The Morgan fingerprint density at radius 2 is 2.05 bits per heavy atom. The molecule has 4 unspecified atom stereocenters. The molecule has 0 radical (unpaired) electrons. The van der Waals surface area contributed by atoms with Gasteiger partial charge in [0.2, 0.25) is 0 Å². The fourth-order valence-corrected chi connectivity index (χ4v) is 3.83. The molecule has 124 valence electrons. The van der Waals surface area contributed by atoms with Gasteiger partial charge < -0.3 is 14.8 Å². The molecule has 0 bridgehead atoms. The van der Waals surface area contributed by atoms with E-state index in [-0.39, 0.29) is 18.2 Å². The van der Waals surface area contributed by atoms with Gasteiger partial charge in [0.05, 0.1) is 19.3 Å². The highest BCUT2D eigenvalue weighted by atomic mass is 16.5. The number of likely N-dealkylation sites (N-methyl/N-ethyl adjacent to an activating group) is 1. The normalized spacial score (nSPS) is 29.5. The first-order valence-electron chi connectivity index (χ1n) is 8.04. The van der Waals surface area contributed by atoms with Crippen molar-refractivity contribution >= 4 is 5.97 Å². The van der Waals surface area contributed by atoms with Gasteiger partial charge in [-0.2, -0.15) is 0 Å². The topological polar surface area (TPSA) is 47.6 Å². The van der Waals surface area contributed by atoms with Gasteiger partial charge in [0.25, 0.3) is 0 Å². The molecule has 0 spiro atoms. The third-order valence-corrected chi connectivity index (χ3v) is 4.65. The van der Waals surface area contributed by atoms with Crippen LogP contribution in [0.25, 0.3) is 0 Å². The zero-order valence-electron chi connectivity index (χ0n) is 14.8. The number of methoxy groups -OCH3 is 1. The molecule has 0 aliphatic heterocycles. The molecule has 0 aromatic heterocycles. The molecule has 1 rings (SSSR count). The SMILES string of the molecule is CNC(C)(CC(C)OC1CC(C)CC(C)(C)C1)C(=O)OC. The number of carbonyl (C=O) groups is 1. The van der Waals surface area contributed by atoms with Crippen molar-refractivity contribution in [1.82, 2.24) is 5.32 Å².